The van der Waals surface area contributed by atoms with Gasteiger partial charge in [0.1, 0.15) is 18.5 Å². The van der Waals surface area contributed by atoms with Gasteiger partial charge < -0.3 is 19.9 Å². The fourth-order valence-electron chi connectivity index (χ4n) is 1.70. The number of aliphatic hydroxyl groups excluding tert-OH is 1. The van der Waals surface area contributed by atoms with E-state index < -0.39 is 6.10 Å². The highest BCUT2D eigenvalue weighted by Gasteiger charge is 2.07. The monoisotopic (exact) mass is 345 g/mol. The number of aliphatic hydroxyl groups is 1. The summed E-state index contributed by atoms with van der Waals surface area (Å²) in [5, 5.41) is 13.0. The normalized spacial score (nSPS) is 12.7. The maximum absolute atomic E-state index is 9.57. The zero-order valence-corrected chi connectivity index (χ0v) is 13.9. The zero-order valence-electron chi connectivity index (χ0n) is 12.4. The predicted molar refractivity (Wildman–Crippen MR) is 84.1 cm³/mol. The van der Waals surface area contributed by atoms with Crippen LogP contribution in [0.4, 0.5) is 0 Å². The molecule has 0 bridgehead atoms. The topological polar surface area (TPSA) is 50.7 Å². The van der Waals surface area contributed by atoms with Crippen LogP contribution in [0.2, 0.25) is 0 Å². The molecule has 1 aromatic rings. The molecule has 0 saturated heterocycles. The first kappa shape index (κ1) is 17.4. The third-order valence-corrected chi connectivity index (χ3v) is 3.46. The van der Waals surface area contributed by atoms with Crippen LogP contribution >= 0.6 is 15.9 Å². The molecule has 1 aromatic carbocycles. The van der Waals surface area contributed by atoms with Crippen molar-refractivity contribution in [3.05, 3.63) is 28.2 Å². The molecule has 0 heterocycles. The van der Waals surface area contributed by atoms with Crippen LogP contribution < -0.4 is 10.1 Å². The molecule has 2 N–H and O–H groups in total. The first-order valence-corrected chi connectivity index (χ1v) is 7.61. The molecule has 0 radical (unpaired) electrons. The number of hydrogen-bond donors (Lipinski definition) is 2. The van der Waals surface area contributed by atoms with Gasteiger partial charge in [-0.2, -0.15) is 0 Å². The molecule has 0 fully saturated rings. The van der Waals surface area contributed by atoms with Crippen molar-refractivity contribution >= 4 is 15.9 Å². The zero-order chi connectivity index (χ0) is 15.0. The van der Waals surface area contributed by atoms with Crippen LogP contribution in [0.3, 0.4) is 0 Å². The lowest BCUT2D eigenvalue weighted by atomic mass is 10.2. The van der Waals surface area contributed by atoms with Crippen molar-refractivity contribution in [1.29, 1.82) is 0 Å². The number of hydrogen-bond acceptors (Lipinski definition) is 4. The van der Waals surface area contributed by atoms with Crippen LogP contribution in [0, 0.1) is 5.92 Å². The van der Waals surface area contributed by atoms with Gasteiger partial charge in [-0.3, -0.25) is 0 Å². The minimum Gasteiger partial charge on any atom is -0.491 e. The Morgan fingerprint density at radius 2 is 2.05 bits per heavy atom. The number of methoxy groups -OCH3 is 1. The molecule has 1 atom stereocenters. The number of rotatable bonds is 9. The van der Waals surface area contributed by atoms with E-state index in [0.717, 1.165) is 28.9 Å². The molecule has 114 valence electrons. The minimum absolute atomic E-state index is 0.230. The van der Waals surface area contributed by atoms with Gasteiger partial charge in [0.25, 0.3) is 0 Å². The SMILES string of the molecule is COCC(O)COc1ccc(Br)c(CNCC(C)C)c1. The fraction of sp³-hybridized carbons (Fsp3) is 0.600. The van der Waals surface area contributed by atoms with E-state index in [1.807, 2.05) is 18.2 Å². The first-order valence-electron chi connectivity index (χ1n) is 6.82. The molecule has 0 aromatic heterocycles. The molecule has 1 rings (SSSR count). The smallest absolute Gasteiger partial charge is 0.119 e. The molecule has 20 heavy (non-hydrogen) atoms. The van der Waals surface area contributed by atoms with E-state index >= 15 is 0 Å². The Morgan fingerprint density at radius 3 is 2.70 bits per heavy atom. The van der Waals surface area contributed by atoms with Crippen molar-refractivity contribution in [1.82, 2.24) is 5.32 Å². The van der Waals surface area contributed by atoms with Crippen LogP contribution in [0.5, 0.6) is 5.75 Å². The van der Waals surface area contributed by atoms with Gasteiger partial charge in [0.15, 0.2) is 0 Å². The van der Waals surface area contributed by atoms with Gasteiger partial charge in [0.2, 0.25) is 0 Å². The van der Waals surface area contributed by atoms with Crippen LogP contribution in [-0.4, -0.2) is 38.1 Å². The third kappa shape index (κ3) is 6.70. The van der Waals surface area contributed by atoms with Gasteiger partial charge in [0, 0.05) is 18.1 Å². The Kier molecular flexibility index (Phi) is 8.14. The van der Waals surface area contributed by atoms with Crippen molar-refractivity contribution < 1.29 is 14.6 Å². The summed E-state index contributed by atoms with van der Waals surface area (Å²) in [6, 6.07) is 5.83. The first-order chi connectivity index (χ1) is 9.52. The van der Waals surface area contributed by atoms with Crippen molar-refractivity contribution in [2.45, 2.75) is 26.5 Å². The summed E-state index contributed by atoms with van der Waals surface area (Å²) in [4.78, 5) is 0. The van der Waals surface area contributed by atoms with Crippen molar-refractivity contribution in [3.63, 3.8) is 0 Å². The Labute approximate surface area is 129 Å². The molecule has 0 aliphatic heterocycles. The van der Waals surface area contributed by atoms with E-state index in [-0.39, 0.29) is 13.2 Å². The van der Waals surface area contributed by atoms with Crippen LogP contribution in [0.15, 0.2) is 22.7 Å². The van der Waals surface area contributed by atoms with Crippen LogP contribution in [0.25, 0.3) is 0 Å². The Hall–Kier alpha value is -0.620. The Balaban J connectivity index is 2.52. The Morgan fingerprint density at radius 1 is 1.30 bits per heavy atom. The predicted octanol–water partition coefficient (Wildman–Crippen LogP) is 2.58. The number of halogens is 1. The van der Waals surface area contributed by atoms with E-state index in [1.54, 1.807) is 7.11 Å². The molecular weight excluding hydrogens is 322 g/mol. The van der Waals surface area contributed by atoms with Gasteiger partial charge in [0.05, 0.1) is 6.61 Å². The maximum atomic E-state index is 9.57. The number of benzene rings is 1. The summed E-state index contributed by atoms with van der Waals surface area (Å²) >= 11 is 3.54. The lowest BCUT2D eigenvalue weighted by Gasteiger charge is -2.14. The Bertz CT molecular complexity index is 399. The van der Waals surface area contributed by atoms with Crippen molar-refractivity contribution in [2.75, 3.05) is 26.9 Å². The molecule has 0 aliphatic rings. The van der Waals surface area contributed by atoms with Crippen LogP contribution in [0.1, 0.15) is 19.4 Å². The average molecular weight is 346 g/mol. The van der Waals surface area contributed by atoms with Gasteiger partial charge >= 0.3 is 0 Å². The third-order valence-electron chi connectivity index (χ3n) is 2.69. The minimum atomic E-state index is -0.605. The van der Waals surface area contributed by atoms with E-state index in [0.29, 0.717) is 5.92 Å². The second-order valence-electron chi connectivity index (χ2n) is 5.20. The summed E-state index contributed by atoms with van der Waals surface area (Å²) in [6.45, 7) is 6.63. The quantitative estimate of drug-likeness (QED) is 0.722. The summed E-state index contributed by atoms with van der Waals surface area (Å²) < 4.78 is 11.5. The molecule has 4 nitrogen and oxygen atoms in total. The highest BCUT2D eigenvalue weighted by molar-refractivity contribution is 9.10. The summed E-state index contributed by atoms with van der Waals surface area (Å²) in [7, 11) is 1.56. The standard InChI is InChI=1S/C15H24BrNO3/c1-11(2)7-17-8-12-6-14(4-5-15(12)16)20-10-13(18)9-19-3/h4-6,11,13,17-18H,7-10H2,1-3H3. The average Bonchev–Trinajstić information content (AvgIpc) is 2.39. The second kappa shape index (κ2) is 9.34. The highest BCUT2D eigenvalue weighted by atomic mass is 79.9. The molecule has 0 saturated carbocycles. The molecule has 0 spiro atoms. The number of nitrogens with one attached hydrogen (secondary N) is 1. The second-order valence-corrected chi connectivity index (χ2v) is 6.05. The van der Waals surface area contributed by atoms with E-state index in [4.69, 9.17) is 9.47 Å². The summed E-state index contributed by atoms with van der Waals surface area (Å²) in [5.41, 5.74) is 1.14. The largest absolute Gasteiger partial charge is 0.491 e. The van der Waals surface area contributed by atoms with Gasteiger partial charge in [-0.15, -0.1) is 0 Å². The van der Waals surface area contributed by atoms with Gasteiger partial charge in [-0.1, -0.05) is 29.8 Å². The number of ether oxygens (including phenoxy) is 2. The summed E-state index contributed by atoms with van der Waals surface area (Å²) in [6.07, 6.45) is -0.605. The molecule has 1 unspecified atom stereocenters. The summed E-state index contributed by atoms with van der Waals surface area (Å²) in [5.74, 6) is 1.38. The molecular formula is C15H24BrNO3. The van der Waals surface area contributed by atoms with Crippen LogP contribution in [-0.2, 0) is 11.3 Å². The molecule has 0 amide bonds. The molecule has 0 aliphatic carbocycles. The van der Waals surface area contributed by atoms with E-state index in [2.05, 4.69) is 35.1 Å². The van der Waals surface area contributed by atoms with Gasteiger partial charge in [-0.25, -0.2) is 0 Å². The van der Waals surface area contributed by atoms with Crippen molar-refractivity contribution in [2.24, 2.45) is 5.92 Å². The van der Waals surface area contributed by atoms with Gasteiger partial charge in [-0.05, 0) is 36.2 Å². The maximum Gasteiger partial charge on any atom is 0.119 e. The lowest BCUT2D eigenvalue weighted by Crippen LogP contribution is -2.22. The highest BCUT2D eigenvalue weighted by Crippen LogP contribution is 2.22. The molecule has 5 heteroatoms. The van der Waals surface area contributed by atoms with E-state index in [1.165, 1.54) is 0 Å². The fourth-order valence-corrected chi connectivity index (χ4v) is 2.09. The van der Waals surface area contributed by atoms with Crippen molar-refractivity contribution in [3.8, 4) is 5.75 Å². The van der Waals surface area contributed by atoms with E-state index in [9.17, 15) is 5.11 Å². The lowest BCUT2D eigenvalue weighted by molar-refractivity contribution is 0.0325.